The number of nitrogens with zero attached hydrogens (tertiary/aromatic N) is 1. The highest BCUT2D eigenvalue weighted by atomic mass is 16.4. The lowest BCUT2D eigenvalue weighted by atomic mass is 10.1. The molecule has 0 aromatic carbocycles. The first-order valence-corrected chi connectivity index (χ1v) is 5.64. The third-order valence-corrected chi connectivity index (χ3v) is 2.60. The second-order valence-electron chi connectivity index (χ2n) is 4.37. The van der Waals surface area contributed by atoms with Gasteiger partial charge in [-0.05, 0) is 13.3 Å². The van der Waals surface area contributed by atoms with E-state index in [4.69, 9.17) is 5.11 Å². The minimum absolute atomic E-state index is 0.0125. The number of aliphatic hydroxyl groups is 1. The fourth-order valence-electron chi connectivity index (χ4n) is 1.62. The first-order valence-electron chi connectivity index (χ1n) is 5.64. The molecule has 0 bridgehead atoms. The molecule has 0 aromatic rings. The first-order chi connectivity index (χ1) is 7.42. The maximum absolute atomic E-state index is 10.8. The Bertz CT molecular complexity index is 236. The van der Waals surface area contributed by atoms with E-state index in [0.717, 1.165) is 12.0 Å². The van der Waals surface area contributed by atoms with Crippen molar-refractivity contribution in [1.82, 2.24) is 4.90 Å². The number of carboxylic acid groups (broad SMARTS) is 1. The van der Waals surface area contributed by atoms with Gasteiger partial charge in [-0.2, -0.15) is 0 Å². The van der Waals surface area contributed by atoms with E-state index in [2.05, 4.69) is 6.58 Å². The largest absolute Gasteiger partial charge is 0.481 e. The molecule has 0 radical (unpaired) electrons. The van der Waals surface area contributed by atoms with E-state index in [1.807, 2.05) is 18.7 Å². The van der Waals surface area contributed by atoms with Crippen LogP contribution < -0.4 is 0 Å². The monoisotopic (exact) mass is 229 g/mol. The molecule has 4 heteroatoms. The lowest BCUT2D eigenvalue weighted by Gasteiger charge is -2.31. The summed E-state index contributed by atoms with van der Waals surface area (Å²) in [6, 6.07) is 0.0125. The van der Waals surface area contributed by atoms with E-state index in [0.29, 0.717) is 13.1 Å². The summed E-state index contributed by atoms with van der Waals surface area (Å²) in [5.41, 5.74) is 0.976. The molecule has 0 aliphatic rings. The van der Waals surface area contributed by atoms with Crippen molar-refractivity contribution in [2.24, 2.45) is 5.92 Å². The summed E-state index contributed by atoms with van der Waals surface area (Å²) in [6.07, 6.45) is 0.802. The van der Waals surface area contributed by atoms with Crippen LogP contribution in [0.5, 0.6) is 0 Å². The van der Waals surface area contributed by atoms with Crippen molar-refractivity contribution >= 4 is 5.97 Å². The van der Waals surface area contributed by atoms with Crippen LogP contribution in [-0.2, 0) is 4.79 Å². The predicted molar refractivity (Wildman–Crippen MR) is 64.4 cm³/mol. The molecule has 2 N–H and O–H groups in total. The third-order valence-electron chi connectivity index (χ3n) is 2.60. The Hall–Kier alpha value is -0.870. The number of hydrogen-bond acceptors (Lipinski definition) is 3. The van der Waals surface area contributed by atoms with Crippen LogP contribution in [0, 0.1) is 5.92 Å². The van der Waals surface area contributed by atoms with Crippen molar-refractivity contribution in [3.63, 3.8) is 0 Å². The highest BCUT2D eigenvalue weighted by Crippen LogP contribution is 2.10. The maximum atomic E-state index is 10.8. The predicted octanol–water partition coefficient (Wildman–Crippen LogP) is 1.36. The summed E-state index contributed by atoms with van der Waals surface area (Å²) in [4.78, 5) is 12.8. The van der Waals surface area contributed by atoms with Gasteiger partial charge in [0.2, 0.25) is 0 Å². The summed E-state index contributed by atoms with van der Waals surface area (Å²) in [7, 11) is 0. The molecule has 0 amide bonds. The molecule has 0 saturated carbocycles. The summed E-state index contributed by atoms with van der Waals surface area (Å²) in [6.45, 7) is 10.5. The molecule has 0 rings (SSSR count). The normalized spacial score (nSPS) is 14.8. The van der Waals surface area contributed by atoms with Gasteiger partial charge in [0.25, 0.3) is 0 Å². The standard InChI is InChI=1S/C12H23NO3/c1-5-11(8-14)13(6-9(2)3)7-10(4)12(15)16/h10-11,14H,2,5-8H2,1,3-4H3,(H,15,16). The molecule has 2 atom stereocenters. The van der Waals surface area contributed by atoms with E-state index in [1.165, 1.54) is 0 Å². The number of carbonyl (C=O) groups is 1. The number of carboxylic acids is 1. The highest BCUT2D eigenvalue weighted by molar-refractivity contribution is 5.69. The first kappa shape index (κ1) is 15.1. The Labute approximate surface area is 97.6 Å². The third kappa shape index (κ3) is 5.28. The van der Waals surface area contributed by atoms with Gasteiger partial charge in [-0.3, -0.25) is 9.69 Å². The zero-order valence-electron chi connectivity index (χ0n) is 10.4. The molecule has 0 heterocycles. The number of hydrogen-bond donors (Lipinski definition) is 2. The van der Waals surface area contributed by atoms with Crippen LogP contribution in [-0.4, -0.2) is 46.8 Å². The van der Waals surface area contributed by atoms with E-state index in [1.54, 1.807) is 6.92 Å². The fourth-order valence-corrected chi connectivity index (χ4v) is 1.62. The minimum Gasteiger partial charge on any atom is -0.481 e. The average Bonchev–Trinajstić information content (AvgIpc) is 2.18. The average molecular weight is 229 g/mol. The second kappa shape index (κ2) is 7.41. The van der Waals surface area contributed by atoms with E-state index in [9.17, 15) is 9.90 Å². The Kier molecular flexibility index (Phi) is 7.01. The minimum atomic E-state index is -0.806. The van der Waals surface area contributed by atoms with Gasteiger partial charge in [0.1, 0.15) is 0 Å². The van der Waals surface area contributed by atoms with E-state index < -0.39 is 11.9 Å². The Morgan fingerprint density at radius 3 is 2.38 bits per heavy atom. The van der Waals surface area contributed by atoms with Crippen LogP contribution in [0.3, 0.4) is 0 Å². The molecule has 16 heavy (non-hydrogen) atoms. The lowest BCUT2D eigenvalue weighted by Crippen LogP contribution is -2.42. The van der Waals surface area contributed by atoms with E-state index >= 15 is 0 Å². The topological polar surface area (TPSA) is 60.8 Å². The van der Waals surface area contributed by atoms with Crippen LogP contribution in [0.25, 0.3) is 0 Å². The molecular weight excluding hydrogens is 206 g/mol. The number of aliphatic carboxylic acids is 1. The van der Waals surface area contributed by atoms with Crippen molar-refractivity contribution in [3.05, 3.63) is 12.2 Å². The van der Waals surface area contributed by atoms with Crippen molar-refractivity contribution in [2.75, 3.05) is 19.7 Å². The van der Waals surface area contributed by atoms with Crippen LogP contribution >= 0.6 is 0 Å². The van der Waals surface area contributed by atoms with Gasteiger partial charge in [0.05, 0.1) is 12.5 Å². The van der Waals surface area contributed by atoms with Gasteiger partial charge < -0.3 is 10.2 Å². The van der Waals surface area contributed by atoms with E-state index in [-0.39, 0.29) is 12.6 Å². The van der Waals surface area contributed by atoms with Crippen molar-refractivity contribution < 1.29 is 15.0 Å². The van der Waals surface area contributed by atoms with Gasteiger partial charge in [-0.1, -0.05) is 26.0 Å². The zero-order chi connectivity index (χ0) is 12.7. The molecule has 0 aromatic heterocycles. The molecule has 2 unspecified atom stereocenters. The Balaban J connectivity index is 4.52. The molecule has 0 saturated heterocycles. The lowest BCUT2D eigenvalue weighted by molar-refractivity contribution is -0.142. The smallest absolute Gasteiger partial charge is 0.307 e. The Morgan fingerprint density at radius 1 is 1.50 bits per heavy atom. The molecule has 0 aliphatic heterocycles. The van der Waals surface area contributed by atoms with Gasteiger partial charge in [-0.15, -0.1) is 0 Å². The van der Waals surface area contributed by atoms with Gasteiger partial charge >= 0.3 is 5.97 Å². The van der Waals surface area contributed by atoms with Crippen LogP contribution in [0.2, 0.25) is 0 Å². The van der Waals surface area contributed by atoms with Crippen molar-refractivity contribution in [1.29, 1.82) is 0 Å². The fraction of sp³-hybridized carbons (Fsp3) is 0.750. The van der Waals surface area contributed by atoms with Crippen molar-refractivity contribution in [3.8, 4) is 0 Å². The molecule has 0 aliphatic carbocycles. The van der Waals surface area contributed by atoms with Gasteiger partial charge in [-0.25, -0.2) is 0 Å². The molecular formula is C12H23NO3. The molecule has 0 spiro atoms. The quantitative estimate of drug-likeness (QED) is 0.617. The second-order valence-corrected chi connectivity index (χ2v) is 4.37. The van der Waals surface area contributed by atoms with Gasteiger partial charge in [0.15, 0.2) is 0 Å². The summed E-state index contributed by atoms with van der Waals surface area (Å²) in [5.74, 6) is -1.24. The summed E-state index contributed by atoms with van der Waals surface area (Å²) < 4.78 is 0. The SMILES string of the molecule is C=C(C)CN(CC(C)C(=O)O)C(CC)CO. The molecule has 4 nitrogen and oxygen atoms in total. The summed E-state index contributed by atoms with van der Waals surface area (Å²) >= 11 is 0. The van der Waals surface area contributed by atoms with Crippen LogP contribution in [0.1, 0.15) is 27.2 Å². The Morgan fingerprint density at radius 2 is 2.06 bits per heavy atom. The van der Waals surface area contributed by atoms with Crippen molar-refractivity contribution in [2.45, 2.75) is 33.2 Å². The molecule has 0 fully saturated rings. The number of rotatable bonds is 8. The zero-order valence-corrected chi connectivity index (χ0v) is 10.4. The maximum Gasteiger partial charge on any atom is 0.307 e. The van der Waals surface area contributed by atoms with Gasteiger partial charge in [0, 0.05) is 19.1 Å². The van der Waals surface area contributed by atoms with Crippen LogP contribution in [0.15, 0.2) is 12.2 Å². The highest BCUT2D eigenvalue weighted by Gasteiger charge is 2.21. The molecule has 94 valence electrons. The summed E-state index contributed by atoms with van der Waals surface area (Å²) in [5, 5.41) is 18.1. The number of aliphatic hydroxyl groups excluding tert-OH is 1. The van der Waals surface area contributed by atoms with Crippen LogP contribution in [0.4, 0.5) is 0 Å².